The third kappa shape index (κ3) is 4.34. The lowest BCUT2D eigenvalue weighted by atomic mass is 10.1. The molecule has 3 rings (SSSR count). The van der Waals surface area contributed by atoms with Crippen LogP contribution in [-0.4, -0.2) is 20.8 Å². The van der Waals surface area contributed by atoms with Gasteiger partial charge in [0.1, 0.15) is 5.82 Å². The number of amides is 1. The number of aromatic nitrogens is 2. The SMILES string of the molecule is CCc1nc2c(C(=O)NCc3cccc(CN)c3)cccn2c1NC(C)(C)C. The zero-order chi connectivity index (χ0) is 20.3. The van der Waals surface area contributed by atoms with Crippen LogP contribution in [0.25, 0.3) is 5.65 Å². The molecule has 6 heteroatoms. The number of fused-ring (bicyclic) bond motifs is 1. The Morgan fingerprint density at radius 2 is 1.93 bits per heavy atom. The Kier molecular flexibility index (Phi) is 5.70. The number of carbonyl (C=O) groups is 1. The first-order valence-electron chi connectivity index (χ1n) is 9.66. The molecule has 2 heterocycles. The summed E-state index contributed by atoms with van der Waals surface area (Å²) in [7, 11) is 0. The van der Waals surface area contributed by atoms with Crippen molar-refractivity contribution in [2.75, 3.05) is 5.32 Å². The second-order valence-electron chi connectivity index (χ2n) is 7.96. The molecule has 0 spiro atoms. The molecule has 0 fully saturated rings. The molecule has 0 aliphatic carbocycles. The van der Waals surface area contributed by atoms with Crippen LogP contribution in [0.15, 0.2) is 42.6 Å². The second kappa shape index (κ2) is 8.02. The second-order valence-corrected chi connectivity index (χ2v) is 7.96. The summed E-state index contributed by atoms with van der Waals surface area (Å²) in [6.45, 7) is 9.33. The number of imidazole rings is 1. The van der Waals surface area contributed by atoms with Crippen molar-refractivity contribution in [3.05, 3.63) is 65.0 Å². The van der Waals surface area contributed by atoms with Gasteiger partial charge in [0.25, 0.3) is 5.91 Å². The smallest absolute Gasteiger partial charge is 0.255 e. The van der Waals surface area contributed by atoms with Crippen molar-refractivity contribution in [2.45, 2.75) is 52.7 Å². The minimum Gasteiger partial charge on any atom is -0.365 e. The van der Waals surface area contributed by atoms with Crippen LogP contribution in [0.4, 0.5) is 5.82 Å². The van der Waals surface area contributed by atoms with E-state index in [9.17, 15) is 4.79 Å². The number of anilines is 1. The van der Waals surface area contributed by atoms with Crippen molar-refractivity contribution < 1.29 is 4.79 Å². The largest absolute Gasteiger partial charge is 0.365 e. The van der Waals surface area contributed by atoms with Crippen molar-refractivity contribution in [2.24, 2.45) is 5.73 Å². The number of nitrogens with two attached hydrogens (primary N) is 1. The Bertz CT molecular complexity index is 984. The highest BCUT2D eigenvalue weighted by Gasteiger charge is 2.20. The maximum absolute atomic E-state index is 12.9. The minimum absolute atomic E-state index is 0.105. The molecule has 0 radical (unpaired) electrons. The summed E-state index contributed by atoms with van der Waals surface area (Å²) in [5.41, 5.74) is 9.84. The summed E-state index contributed by atoms with van der Waals surface area (Å²) in [6.07, 6.45) is 2.73. The third-order valence-electron chi connectivity index (χ3n) is 4.48. The van der Waals surface area contributed by atoms with Gasteiger partial charge in [-0.1, -0.05) is 31.2 Å². The van der Waals surface area contributed by atoms with Crippen LogP contribution in [0.5, 0.6) is 0 Å². The molecule has 0 saturated heterocycles. The van der Waals surface area contributed by atoms with Gasteiger partial charge in [-0.25, -0.2) is 4.98 Å². The molecular formula is C22H29N5O. The average molecular weight is 380 g/mol. The standard InChI is InChI=1S/C22H29N5O/c1-5-18-20(26-22(2,3)4)27-11-7-10-17(19(27)25-18)21(28)24-14-16-9-6-8-15(12-16)13-23/h6-12,26H,5,13-14,23H2,1-4H3,(H,24,28). The van der Waals surface area contributed by atoms with E-state index >= 15 is 0 Å². The molecule has 148 valence electrons. The van der Waals surface area contributed by atoms with E-state index in [1.54, 1.807) is 0 Å². The number of hydrogen-bond acceptors (Lipinski definition) is 4. The Labute approximate surface area is 166 Å². The van der Waals surface area contributed by atoms with E-state index in [4.69, 9.17) is 10.7 Å². The molecule has 4 N–H and O–H groups in total. The normalized spacial score (nSPS) is 11.6. The summed E-state index contributed by atoms with van der Waals surface area (Å²) in [5, 5.41) is 6.52. The van der Waals surface area contributed by atoms with Crippen LogP contribution in [0, 0.1) is 0 Å². The topological polar surface area (TPSA) is 84.5 Å². The highest BCUT2D eigenvalue weighted by molar-refractivity contribution is 6.00. The van der Waals surface area contributed by atoms with Gasteiger partial charge in [-0.3, -0.25) is 9.20 Å². The predicted molar refractivity (Wildman–Crippen MR) is 113 cm³/mol. The first-order valence-corrected chi connectivity index (χ1v) is 9.66. The molecule has 3 aromatic rings. The molecule has 2 aromatic heterocycles. The summed E-state index contributed by atoms with van der Waals surface area (Å²) in [6, 6.07) is 11.6. The highest BCUT2D eigenvalue weighted by Crippen LogP contribution is 2.24. The van der Waals surface area contributed by atoms with Gasteiger partial charge in [-0.05, 0) is 50.5 Å². The van der Waals surface area contributed by atoms with Gasteiger partial charge in [0.2, 0.25) is 0 Å². The zero-order valence-corrected chi connectivity index (χ0v) is 17.0. The van der Waals surface area contributed by atoms with Gasteiger partial charge in [0.15, 0.2) is 5.65 Å². The van der Waals surface area contributed by atoms with E-state index in [-0.39, 0.29) is 11.4 Å². The predicted octanol–water partition coefficient (Wildman–Crippen LogP) is 3.50. The number of pyridine rings is 1. The molecule has 0 atom stereocenters. The van der Waals surface area contributed by atoms with E-state index in [1.165, 1.54) is 0 Å². The molecule has 1 amide bonds. The number of nitrogens with one attached hydrogen (secondary N) is 2. The van der Waals surface area contributed by atoms with Gasteiger partial charge in [-0.2, -0.15) is 0 Å². The fraction of sp³-hybridized carbons (Fsp3) is 0.364. The van der Waals surface area contributed by atoms with Crippen molar-refractivity contribution in [1.29, 1.82) is 0 Å². The summed E-state index contributed by atoms with van der Waals surface area (Å²) in [4.78, 5) is 17.6. The van der Waals surface area contributed by atoms with Crippen LogP contribution in [0.3, 0.4) is 0 Å². The van der Waals surface area contributed by atoms with Crippen LogP contribution in [-0.2, 0) is 19.5 Å². The zero-order valence-electron chi connectivity index (χ0n) is 17.0. The molecule has 0 aliphatic rings. The third-order valence-corrected chi connectivity index (χ3v) is 4.48. The average Bonchev–Trinajstić information content (AvgIpc) is 3.02. The summed E-state index contributed by atoms with van der Waals surface area (Å²) >= 11 is 0. The fourth-order valence-electron chi connectivity index (χ4n) is 3.17. The lowest BCUT2D eigenvalue weighted by molar-refractivity contribution is 0.0952. The molecule has 0 saturated carbocycles. The van der Waals surface area contributed by atoms with Gasteiger partial charge in [0.05, 0.1) is 11.3 Å². The van der Waals surface area contributed by atoms with Crippen molar-refractivity contribution in [1.82, 2.24) is 14.7 Å². The van der Waals surface area contributed by atoms with Gasteiger partial charge < -0.3 is 16.4 Å². The fourth-order valence-corrected chi connectivity index (χ4v) is 3.17. The number of aryl methyl sites for hydroxylation is 1. The Morgan fingerprint density at radius 3 is 2.61 bits per heavy atom. The van der Waals surface area contributed by atoms with Crippen molar-refractivity contribution in [3.63, 3.8) is 0 Å². The van der Waals surface area contributed by atoms with Crippen molar-refractivity contribution in [3.8, 4) is 0 Å². The molecule has 0 bridgehead atoms. The number of hydrogen-bond donors (Lipinski definition) is 3. The molecule has 28 heavy (non-hydrogen) atoms. The molecular weight excluding hydrogens is 350 g/mol. The quantitative estimate of drug-likeness (QED) is 0.612. The first-order chi connectivity index (χ1) is 13.3. The molecule has 0 unspecified atom stereocenters. The van der Waals surface area contributed by atoms with Crippen LogP contribution in [0.1, 0.15) is 54.9 Å². The lowest BCUT2D eigenvalue weighted by Crippen LogP contribution is -2.27. The number of carbonyl (C=O) groups excluding carboxylic acids is 1. The maximum atomic E-state index is 12.9. The van der Waals surface area contributed by atoms with Gasteiger partial charge in [-0.15, -0.1) is 0 Å². The summed E-state index contributed by atoms with van der Waals surface area (Å²) in [5.74, 6) is 0.800. The monoisotopic (exact) mass is 379 g/mol. The van der Waals surface area contributed by atoms with Gasteiger partial charge in [0, 0.05) is 24.8 Å². The van der Waals surface area contributed by atoms with Crippen LogP contribution in [0.2, 0.25) is 0 Å². The van der Waals surface area contributed by atoms with E-state index < -0.39 is 0 Å². The molecule has 1 aromatic carbocycles. The van der Waals surface area contributed by atoms with Crippen LogP contribution >= 0.6 is 0 Å². The highest BCUT2D eigenvalue weighted by atomic mass is 16.1. The number of rotatable bonds is 6. The molecule has 0 aliphatic heterocycles. The van der Waals surface area contributed by atoms with E-state index in [0.29, 0.717) is 24.3 Å². The Morgan fingerprint density at radius 1 is 1.18 bits per heavy atom. The van der Waals surface area contributed by atoms with E-state index in [2.05, 4.69) is 38.3 Å². The Balaban J connectivity index is 1.89. The lowest BCUT2D eigenvalue weighted by Gasteiger charge is -2.22. The number of nitrogens with zero attached hydrogens (tertiary/aromatic N) is 2. The van der Waals surface area contributed by atoms with Crippen molar-refractivity contribution >= 4 is 17.4 Å². The van der Waals surface area contributed by atoms with E-state index in [1.807, 2.05) is 47.0 Å². The number of benzene rings is 1. The molecule has 6 nitrogen and oxygen atoms in total. The maximum Gasteiger partial charge on any atom is 0.255 e. The van der Waals surface area contributed by atoms with E-state index in [0.717, 1.165) is 29.1 Å². The minimum atomic E-state index is -0.140. The van der Waals surface area contributed by atoms with Gasteiger partial charge >= 0.3 is 0 Å². The first kappa shape index (κ1) is 19.9. The Hall–Kier alpha value is -2.86. The summed E-state index contributed by atoms with van der Waals surface area (Å²) < 4.78 is 1.97. The van der Waals surface area contributed by atoms with Crippen LogP contribution < -0.4 is 16.4 Å².